The van der Waals surface area contributed by atoms with E-state index >= 15 is 0 Å². The van der Waals surface area contributed by atoms with E-state index < -0.39 is 23.0 Å². The van der Waals surface area contributed by atoms with Gasteiger partial charge in [-0.05, 0) is 18.2 Å². The van der Waals surface area contributed by atoms with Gasteiger partial charge in [-0.15, -0.1) is 0 Å². The molecule has 20 heavy (non-hydrogen) atoms. The van der Waals surface area contributed by atoms with E-state index in [1.165, 1.54) is 19.2 Å². The molecular weight excluding hydrogens is 332 g/mol. The average Bonchev–Trinajstić information content (AvgIpc) is 2.36. The van der Waals surface area contributed by atoms with Crippen molar-refractivity contribution in [3.63, 3.8) is 0 Å². The maximum Gasteiger partial charge on any atom is 0.199 e. The lowest BCUT2D eigenvalue weighted by molar-refractivity contribution is 0.103. The lowest BCUT2D eigenvalue weighted by Gasteiger charge is -2.08. The van der Waals surface area contributed by atoms with E-state index in [0.717, 1.165) is 12.1 Å². The number of anilines is 1. The molecule has 104 valence electrons. The highest BCUT2D eigenvalue weighted by molar-refractivity contribution is 9.10. The number of halogens is 3. The third kappa shape index (κ3) is 2.80. The first-order chi connectivity index (χ1) is 9.42. The van der Waals surface area contributed by atoms with Crippen LogP contribution in [0, 0.1) is 11.6 Å². The zero-order chi connectivity index (χ0) is 14.9. The minimum Gasteiger partial charge on any atom is -0.497 e. The van der Waals surface area contributed by atoms with Gasteiger partial charge in [0.2, 0.25) is 0 Å². The largest absolute Gasteiger partial charge is 0.497 e. The van der Waals surface area contributed by atoms with Crippen molar-refractivity contribution in [1.29, 1.82) is 0 Å². The zero-order valence-corrected chi connectivity index (χ0v) is 12.0. The van der Waals surface area contributed by atoms with Gasteiger partial charge in [-0.3, -0.25) is 4.79 Å². The summed E-state index contributed by atoms with van der Waals surface area (Å²) < 4.78 is 33.0. The Morgan fingerprint density at radius 1 is 1.15 bits per heavy atom. The van der Waals surface area contributed by atoms with E-state index in [4.69, 9.17) is 10.5 Å². The molecule has 0 amide bonds. The van der Waals surface area contributed by atoms with Crippen LogP contribution in [0.2, 0.25) is 0 Å². The van der Waals surface area contributed by atoms with Crippen LogP contribution in [-0.2, 0) is 0 Å². The number of hydrogen-bond acceptors (Lipinski definition) is 3. The monoisotopic (exact) mass is 341 g/mol. The molecule has 0 aliphatic rings. The Balaban J connectivity index is 2.53. The van der Waals surface area contributed by atoms with Crippen LogP contribution in [0.3, 0.4) is 0 Å². The van der Waals surface area contributed by atoms with E-state index in [0.29, 0.717) is 10.2 Å². The first-order valence-corrected chi connectivity index (χ1v) is 6.35. The lowest BCUT2D eigenvalue weighted by Crippen LogP contribution is -2.08. The molecule has 3 nitrogen and oxygen atoms in total. The van der Waals surface area contributed by atoms with E-state index in [1.807, 2.05) is 0 Å². The molecule has 0 aliphatic heterocycles. The Morgan fingerprint density at radius 2 is 1.75 bits per heavy atom. The predicted octanol–water partition coefficient (Wildman–Crippen LogP) is 3.55. The minimum atomic E-state index is -0.981. The zero-order valence-electron chi connectivity index (χ0n) is 10.4. The first-order valence-electron chi connectivity index (χ1n) is 5.56. The Bertz CT molecular complexity index is 646. The van der Waals surface area contributed by atoms with Gasteiger partial charge in [0.1, 0.15) is 17.4 Å². The van der Waals surface area contributed by atoms with Crippen LogP contribution in [0.25, 0.3) is 0 Å². The van der Waals surface area contributed by atoms with Gasteiger partial charge in [-0.25, -0.2) is 8.78 Å². The number of methoxy groups -OCH3 is 1. The molecule has 2 aromatic carbocycles. The molecule has 0 saturated heterocycles. The van der Waals surface area contributed by atoms with Crippen molar-refractivity contribution < 1.29 is 18.3 Å². The fourth-order valence-corrected chi connectivity index (χ4v) is 2.28. The van der Waals surface area contributed by atoms with Gasteiger partial charge in [0.05, 0.1) is 12.7 Å². The molecule has 2 aromatic rings. The molecule has 0 aromatic heterocycles. The van der Waals surface area contributed by atoms with Crippen LogP contribution < -0.4 is 10.5 Å². The molecule has 2 rings (SSSR count). The highest BCUT2D eigenvalue weighted by Crippen LogP contribution is 2.25. The van der Waals surface area contributed by atoms with E-state index in [9.17, 15) is 13.6 Å². The summed E-state index contributed by atoms with van der Waals surface area (Å²) in [6.45, 7) is 0. The van der Waals surface area contributed by atoms with Crippen molar-refractivity contribution in [1.82, 2.24) is 0 Å². The number of carbonyl (C=O) groups is 1. The van der Waals surface area contributed by atoms with E-state index in [-0.39, 0.29) is 11.3 Å². The summed E-state index contributed by atoms with van der Waals surface area (Å²) in [5.74, 6) is -2.74. The maximum absolute atomic E-state index is 13.9. The van der Waals surface area contributed by atoms with Crippen molar-refractivity contribution in [2.24, 2.45) is 0 Å². The molecule has 0 radical (unpaired) electrons. The predicted molar refractivity (Wildman–Crippen MR) is 74.9 cm³/mol. The molecule has 0 unspecified atom stereocenters. The summed E-state index contributed by atoms with van der Waals surface area (Å²) in [5, 5.41) is 0. The average molecular weight is 342 g/mol. The fourth-order valence-electron chi connectivity index (χ4n) is 1.77. The third-order valence-corrected chi connectivity index (χ3v) is 3.12. The number of nitrogen functional groups attached to an aromatic ring is 1. The van der Waals surface area contributed by atoms with Gasteiger partial charge in [0, 0.05) is 27.9 Å². The summed E-state index contributed by atoms with van der Waals surface area (Å²) >= 11 is 3.17. The van der Waals surface area contributed by atoms with E-state index in [2.05, 4.69) is 15.9 Å². The van der Waals surface area contributed by atoms with Gasteiger partial charge in [0.15, 0.2) is 5.78 Å². The number of nitrogens with two attached hydrogens (primary N) is 1. The van der Waals surface area contributed by atoms with Crippen molar-refractivity contribution in [2.75, 3.05) is 12.8 Å². The van der Waals surface area contributed by atoms with E-state index in [1.54, 1.807) is 6.07 Å². The molecule has 0 aliphatic carbocycles. The van der Waals surface area contributed by atoms with Crippen molar-refractivity contribution in [3.8, 4) is 5.75 Å². The molecular formula is C14H10BrF2NO2. The third-order valence-electron chi connectivity index (χ3n) is 2.66. The fraction of sp³-hybridized carbons (Fsp3) is 0.0714. The van der Waals surface area contributed by atoms with Crippen LogP contribution in [-0.4, -0.2) is 12.9 Å². The Morgan fingerprint density at radius 3 is 2.25 bits per heavy atom. The lowest BCUT2D eigenvalue weighted by atomic mass is 10.0. The summed E-state index contributed by atoms with van der Waals surface area (Å²) in [5.41, 5.74) is 5.39. The van der Waals surface area contributed by atoms with Crippen molar-refractivity contribution in [3.05, 3.63) is 57.6 Å². The van der Waals surface area contributed by atoms with Gasteiger partial charge in [0.25, 0.3) is 0 Å². The number of rotatable bonds is 3. The van der Waals surface area contributed by atoms with Crippen LogP contribution in [0.4, 0.5) is 14.5 Å². The second kappa shape index (κ2) is 5.58. The van der Waals surface area contributed by atoms with Gasteiger partial charge >= 0.3 is 0 Å². The molecule has 0 atom stereocenters. The Labute approximate surface area is 122 Å². The van der Waals surface area contributed by atoms with Crippen LogP contribution >= 0.6 is 15.9 Å². The molecule has 0 heterocycles. The summed E-state index contributed by atoms with van der Waals surface area (Å²) in [6, 6.07) is 6.30. The highest BCUT2D eigenvalue weighted by Gasteiger charge is 2.21. The summed E-state index contributed by atoms with van der Waals surface area (Å²) in [7, 11) is 1.28. The number of hydrogen-bond donors (Lipinski definition) is 1. The molecule has 2 N–H and O–H groups in total. The number of benzene rings is 2. The van der Waals surface area contributed by atoms with Gasteiger partial charge in [-0.2, -0.15) is 0 Å². The van der Waals surface area contributed by atoms with Crippen molar-refractivity contribution >= 4 is 27.4 Å². The second-order valence-corrected chi connectivity index (χ2v) is 4.98. The SMILES string of the molecule is COc1cc(F)c(C(=O)c2cc(N)cc(Br)c2)c(F)c1. The first kappa shape index (κ1) is 14.5. The van der Waals surface area contributed by atoms with Crippen molar-refractivity contribution in [2.45, 2.75) is 0 Å². The molecule has 0 spiro atoms. The van der Waals surface area contributed by atoms with Gasteiger partial charge < -0.3 is 10.5 Å². The Hall–Kier alpha value is -1.95. The standard InChI is InChI=1S/C14H10BrF2NO2/c1-20-10-5-11(16)13(12(17)6-10)14(19)7-2-8(15)4-9(18)3-7/h2-6H,18H2,1H3. The Kier molecular flexibility index (Phi) is 4.04. The van der Waals surface area contributed by atoms with Gasteiger partial charge in [-0.1, -0.05) is 15.9 Å². The minimum absolute atomic E-state index is 0.00491. The topological polar surface area (TPSA) is 52.3 Å². The summed E-state index contributed by atoms with van der Waals surface area (Å²) in [4.78, 5) is 12.2. The second-order valence-electron chi connectivity index (χ2n) is 4.07. The quantitative estimate of drug-likeness (QED) is 0.686. The summed E-state index contributed by atoms with van der Waals surface area (Å²) in [6.07, 6.45) is 0. The van der Waals surface area contributed by atoms with Crippen LogP contribution in [0.1, 0.15) is 15.9 Å². The molecule has 6 heteroatoms. The normalized spacial score (nSPS) is 10.4. The van der Waals surface area contributed by atoms with Crippen LogP contribution in [0.5, 0.6) is 5.75 Å². The number of ketones is 1. The molecule has 0 bridgehead atoms. The number of carbonyl (C=O) groups excluding carboxylic acids is 1. The molecule has 0 fully saturated rings. The highest BCUT2D eigenvalue weighted by atomic mass is 79.9. The molecule has 0 saturated carbocycles. The number of ether oxygens (including phenoxy) is 1. The van der Waals surface area contributed by atoms with Crippen LogP contribution in [0.15, 0.2) is 34.8 Å². The maximum atomic E-state index is 13.9. The smallest absolute Gasteiger partial charge is 0.199 e.